The molecule has 7 nitrogen and oxygen atoms in total. The van der Waals surface area contributed by atoms with E-state index in [0.29, 0.717) is 38.4 Å². The Labute approximate surface area is 192 Å². The van der Waals surface area contributed by atoms with Gasteiger partial charge in [-0.1, -0.05) is 30.3 Å². The van der Waals surface area contributed by atoms with Crippen LogP contribution in [0.4, 0.5) is 15.8 Å². The lowest BCUT2D eigenvalue weighted by Crippen LogP contribution is -2.46. The molecule has 9 heteroatoms. The molecule has 1 heterocycles. The van der Waals surface area contributed by atoms with Gasteiger partial charge in [0.05, 0.1) is 16.1 Å². The van der Waals surface area contributed by atoms with Crippen LogP contribution in [0.15, 0.2) is 77.7 Å². The van der Waals surface area contributed by atoms with Gasteiger partial charge in [-0.2, -0.15) is 0 Å². The van der Waals surface area contributed by atoms with Crippen LogP contribution in [-0.2, 0) is 16.6 Å². The van der Waals surface area contributed by atoms with Crippen molar-refractivity contribution in [2.45, 2.75) is 11.4 Å². The van der Waals surface area contributed by atoms with E-state index >= 15 is 0 Å². The highest BCUT2D eigenvalue weighted by molar-refractivity contribution is 7.92. The third-order valence-corrected chi connectivity index (χ3v) is 6.94. The molecule has 0 amide bonds. The summed E-state index contributed by atoms with van der Waals surface area (Å²) in [6.07, 6.45) is 0. The van der Waals surface area contributed by atoms with Gasteiger partial charge >= 0.3 is 5.97 Å². The summed E-state index contributed by atoms with van der Waals surface area (Å²) >= 11 is 0. The molecule has 1 fully saturated rings. The molecule has 1 saturated heterocycles. The number of sulfonamides is 1. The third-order valence-electron chi connectivity index (χ3n) is 5.54. The average Bonchev–Trinajstić information content (AvgIpc) is 2.80. The van der Waals surface area contributed by atoms with Gasteiger partial charge < -0.3 is 10.0 Å². The molecule has 0 saturated carbocycles. The fourth-order valence-electron chi connectivity index (χ4n) is 3.90. The van der Waals surface area contributed by atoms with Crippen LogP contribution in [0.1, 0.15) is 15.9 Å². The topological polar surface area (TPSA) is 89.9 Å². The Hall–Kier alpha value is -3.43. The smallest absolute Gasteiger partial charge is 0.337 e. The van der Waals surface area contributed by atoms with Crippen molar-refractivity contribution >= 4 is 27.4 Å². The van der Waals surface area contributed by atoms with Gasteiger partial charge in [0.1, 0.15) is 5.82 Å². The SMILES string of the molecule is O=C(O)c1cc(NS(=O)(=O)c2ccccc2)ccc1N1CCN(Cc2cccc(F)c2)CC1. The molecule has 1 aliphatic heterocycles. The molecule has 2 N–H and O–H groups in total. The van der Waals surface area contributed by atoms with Crippen LogP contribution < -0.4 is 9.62 Å². The first kappa shape index (κ1) is 22.8. The van der Waals surface area contributed by atoms with Crippen molar-refractivity contribution < 1.29 is 22.7 Å². The van der Waals surface area contributed by atoms with Crippen molar-refractivity contribution in [1.82, 2.24) is 4.90 Å². The molecule has 0 bridgehead atoms. The standard InChI is InChI=1S/C24H24FN3O4S/c25-19-6-4-5-18(15-19)17-27-11-13-28(14-12-27)23-10-9-20(16-22(23)24(29)30)26-33(31,32)21-7-2-1-3-8-21/h1-10,15-16,26H,11-14,17H2,(H,29,30). The Morgan fingerprint density at radius 1 is 0.939 bits per heavy atom. The summed E-state index contributed by atoms with van der Waals surface area (Å²) in [4.78, 5) is 16.2. The number of anilines is 2. The highest BCUT2D eigenvalue weighted by Crippen LogP contribution is 2.27. The highest BCUT2D eigenvalue weighted by Gasteiger charge is 2.23. The molecule has 0 aliphatic carbocycles. The Balaban J connectivity index is 1.47. The minimum absolute atomic E-state index is 0.0295. The number of nitrogens with one attached hydrogen (secondary N) is 1. The number of carboxylic acid groups (broad SMARTS) is 1. The van der Waals surface area contributed by atoms with E-state index < -0.39 is 16.0 Å². The predicted molar refractivity (Wildman–Crippen MR) is 125 cm³/mol. The highest BCUT2D eigenvalue weighted by atomic mass is 32.2. The monoisotopic (exact) mass is 469 g/mol. The van der Waals surface area contributed by atoms with Gasteiger partial charge in [0.2, 0.25) is 0 Å². The first-order valence-electron chi connectivity index (χ1n) is 10.5. The first-order valence-corrected chi connectivity index (χ1v) is 12.0. The maximum atomic E-state index is 13.4. The van der Waals surface area contributed by atoms with Gasteiger partial charge in [-0.15, -0.1) is 0 Å². The largest absolute Gasteiger partial charge is 0.478 e. The molecular weight excluding hydrogens is 445 g/mol. The number of nitrogens with zero attached hydrogens (tertiary/aromatic N) is 2. The molecule has 1 aliphatic rings. The summed E-state index contributed by atoms with van der Waals surface area (Å²) in [5, 5.41) is 9.76. The van der Waals surface area contributed by atoms with Crippen LogP contribution in [0.25, 0.3) is 0 Å². The molecule has 0 spiro atoms. The fraction of sp³-hybridized carbons (Fsp3) is 0.208. The minimum atomic E-state index is -3.82. The van der Waals surface area contributed by atoms with Crippen molar-refractivity contribution in [3.63, 3.8) is 0 Å². The number of benzene rings is 3. The van der Waals surface area contributed by atoms with Gasteiger partial charge in [-0.25, -0.2) is 17.6 Å². The summed E-state index contributed by atoms with van der Waals surface area (Å²) in [6, 6.07) is 18.9. The Morgan fingerprint density at radius 2 is 1.67 bits per heavy atom. The van der Waals surface area contributed by atoms with E-state index in [1.54, 1.807) is 36.4 Å². The van der Waals surface area contributed by atoms with Gasteiger partial charge in [-0.3, -0.25) is 9.62 Å². The lowest BCUT2D eigenvalue weighted by molar-refractivity contribution is 0.0697. The molecule has 0 unspecified atom stereocenters. The van der Waals surface area contributed by atoms with E-state index in [1.165, 1.54) is 30.3 Å². The fourth-order valence-corrected chi connectivity index (χ4v) is 4.97. The molecule has 0 aromatic heterocycles. The molecule has 33 heavy (non-hydrogen) atoms. The van der Waals surface area contributed by atoms with E-state index in [4.69, 9.17) is 0 Å². The van der Waals surface area contributed by atoms with Gasteiger partial charge in [-0.05, 0) is 48.0 Å². The van der Waals surface area contributed by atoms with Crippen molar-refractivity contribution in [1.29, 1.82) is 0 Å². The number of hydrogen-bond donors (Lipinski definition) is 2. The zero-order valence-corrected chi connectivity index (χ0v) is 18.6. The van der Waals surface area contributed by atoms with Crippen molar-refractivity contribution in [2.75, 3.05) is 35.8 Å². The van der Waals surface area contributed by atoms with E-state index in [9.17, 15) is 22.7 Å². The van der Waals surface area contributed by atoms with Gasteiger partial charge in [0.25, 0.3) is 10.0 Å². The number of carbonyl (C=O) groups is 1. The van der Waals surface area contributed by atoms with Crippen LogP contribution >= 0.6 is 0 Å². The molecule has 4 rings (SSSR count). The summed E-state index contributed by atoms with van der Waals surface area (Å²) in [5.74, 6) is -1.40. The Kier molecular flexibility index (Phi) is 6.62. The second-order valence-corrected chi connectivity index (χ2v) is 9.53. The van der Waals surface area contributed by atoms with Crippen LogP contribution in [-0.4, -0.2) is 50.6 Å². The van der Waals surface area contributed by atoms with Crippen molar-refractivity contribution in [3.05, 3.63) is 89.7 Å². The number of hydrogen-bond acceptors (Lipinski definition) is 5. The lowest BCUT2D eigenvalue weighted by Gasteiger charge is -2.36. The zero-order chi connectivity index (χ0) is 23.4. The normalized spacial score (nSPS) is 14.8. The van der Waals surface area contributed by atoms with Gasteiger partial charge in [0.15, 0.2) is 0 Å². The maximum Gasteiger partial charge on any atom is 0.337 e. The minimum Gasteiger partial charge on any atom is -0.478 e. The zero-order valence-electron chi connectivity index (χ0n) is 17.8. The van der Waals surface area contributed by atoms with Crippen LogP contribution in [0.3, 0.4) is 0 Å². The summed E-state index contributed by atoms with van der Waals surface area (Å²) in [6.45, 7) is 3.21. The number of piperazine rings is 1. The van der Waals surface area contributed by atoms with E-state index in [-0.39, 0.29) is 22.0 Å². The van der Waals surface area contributed by atoms with Crippen LogP contribution in [0.5, 0.6) is 0 Å². The van der Waals surface area contributed by atoms with Gasteiger partial charge in [0, 0.05) is 38.4 Å². The van der Waals surface area contributed by atoms with E-state index in [2.05, 4.69) is 9.62 Å². The quantitative estimate of drug-likeness (QED) is 0.549. The third kappa shape index (κ3) is 5.50. The second kappa shape index (κ2) is 9.60. The Morgan fingerprint density at radius 3 is 2.33 bits per heavy atom. The van der Waals surface area contributed by atoms with E-state index in [0.717, 1.165) is 5.56 Å². The summed E-state index contributed by atoms with van der Waals surface area (Å²) in [5.41, 5.74) is 1.65. The van der Waals surface area contributed by atoms with Crippen LogP contribution in [0, 0.1) is 5.82 Å². The summed E-state index contributed by atoms with van der Waals surface area (Å²) < 4.78 is 41.0. The molecule has 0 radical (unpaired) electrons. The van der Waals surface area contributed by atoms with Crippen molar-refractivity contribution in [3.8, 4) is 0 Å². The number of rotatable bonds is 7. The molecule has 172 valence electrons. The second-order valence-electron chi connectivity index (χ2n) is 7.85. The average molecular weight is 470 g/mol. The van der Waals surface area contributed by atoms with Crippen molar-refractivity contribution in [2.24, 2.45) is 0 Å². The molecule has 0 atom stereocenters. The lowest BCUT2D eigenvalue weighted by atomic mass is 10.1. The first-order chi connectivity index (χ1) is 15.8. The molecule has 3 aromatic carbocycles. The number of halogens is 1. The maximum absolute atomic E-state index is 13.4. The van der Waals surface area contributed by atoms with Crippen LogP contribution in [0.2, 0.25) is 0 Å². The van der Waals surface area contributed by atoms with E-state index in [1.807, 2.05) is 11.0 Å². The number of aromatic carboxylic acids is 1. The Bertz CT molecular complexity index is 1240. The number of carboxylic acids is 1. The predicted octanol–water partition coefficient (Wildman–Crippen LogP) is 3.65. The molecule has 3 aromatic rings. The summed E-state index contributed by atoms with van der Waals surface area (Å²) in [7, 11) is -3.82. The molecular formula is C24H24FN3O4S.